The summed E-state index contributed by atoms with van der Waals surface area (Å²) in [7, 11) is 0. The Balaban J connectivity index is 2.15. The van der Waals surface area contributed by atoms with Crippen molar-refractivity contribution in [3.05, 3.63) is 63.1 Å². The monoisotopic (exact) mass is 319 g/mol. The van der Waals surface area contributed by atoms with E-state index in [1.54, 1.807) is 20.8 Å². The molecule has 122 valence electrons. The summed E-state index contributed by atoms with van der Waals surface area (Å²) in [6.45, 7) is 4.95. The summed E-state index contributed by atoms with van der Waals surface area (Å²) < 4.78 is 12.9. The number of carbonyl (C=O) groups excluding carboxylic acids is 1. The zero-order valence-electron chi connectivity index (χ0n) is 13.1. The smallest absolute Gasteiger partial charge is 0.279 e. The van der Waals surface area contributed by atoms with Gasteiger partial charge in [-0.05, 0) is 38.5 Å². The van der Waals surface area contributed by atoms with Gasteiger partial charge in [-0.3, -0.25) is 9.59 Å². The molecule has 0 spiro atoms. The van der Waals surface area contributed by atoms with Gasteiger partial charge in [0.1, 0.15) is 5.82 Å². The number of rotatable bonds is 4. The highest BCUT2D eigenvalue weighted by molar-refractivity contribution is 5.92. The molecule has 0 fully saturated rings. The van der Waals surface area contributed by atoms with E-state index in [1.807, 2.05) is 0 Å². The Labute approximate surface area is 132 Å². The second-order valence-corrected chi connectivity index (χ2v) is 5.38. The lowest BCUT2D eigenvalue weighted by molar-refractivity contribution is 0.0845. The van der Waals surface area contributed by atoms with E-state index in [9.17, 15) is 19.1 Å². The van der Waals surface area contributed by atoms with Crippen LogP contribution in [-0.2, 0) is 0 Å². The maximum Gasteiger partial charge on any atom is 0.279 e. The number of hydrogen-bond donors (Lipinski definition) is 3. The molecule has 2 atom stereocenters. The molecule has 2 rings (SSSR count). The number of amides is 1. The molecule has 0 aliphatic carbocycles. The molecular formula is C16H18FN3O3. The molecule has 0 bridgehead atoms. The van der Waals surface area contributed by atoms with E-state index >= 15 is 0 Å². The van der Waals surface area contributed by atoms with E-state index in [0.29, 0.717) is 17.0 Å². The van der Waals surface area contributed by atoms with E-state index in [1.165, 1.54) is 24.3 Å². The van der Waals surface area contributed by atoms with Gasteiger partial charge in [-0.15, -0.1) is 0 Å². The number of benzene rings is 1. The van der Waals surface area contributed by atoms with Gasteiger partial charge >= 0.3 is 0 Å². The van der Waals surface area contributed by atoms with Crippen molar-refractivity contribution in [2.45, 2.75) is 32.9 Å². The molecule has 3 N–H and O–H groups in total. The van der Waals surface area contributed by atoms with Gasteiger partial charge in [0.25, 0.3) is 11.5 Å². The van der Waals surface area contributed by atoms with Crippen LogP contribution in [0, 0.1) is 19.7 Å². The number of hydrogen-bond acceptors (Lipinski definition) is 4. The lowest BCUT2D eigenvalue weighted by Gasteiger charge is -2.20. The van der Waals surface area contributed by atoms with Crippen LogP contribution in [0.3, 0.4) is 0 Å². The number of aromatic amines is 1. The molecule has 23 heavy (non-hydrogen) atoms. The fourth-order valence-electron chi connectivity index (χ4n) is 2.08. The van der Waals surface area contributed by atoms with Crippen molar-refractivity contribution in [1.82, 2.24) is 15.3 Å². The van der Waals surface area contributed by atoms with Crippen LogP contribution in [0.4, 0.5) is 4.39 Å². The number of nitrogens with zero attached hydrogens (tertiary/aromatic N) is 1. The largest absolute Gasteiger partial charge is 0.386 e. The Kier molecular flexibility index (Phi) is 4.90. The van der Waals surface area contributed by atoms with Crippen LogP contribution in [0.25, 0.3) is 0 Å². The molecule has 2 unspecified atom stereocenters. The van der Waals surface area contributed by atoms with Gasteiger partial charge in [0.05, 0.1) is 17.8 Å². The van der Waals surface area contributed by atoms with Gasteiger partial charge in [-0.25, -0.2) is 9.37 Å². The number of aliphatic hydroxyl groups is 1. The van der Waals surface area contributed by atoms with Crippen LogP contribution in [-0.4, -0.2) is 27.0 Å². The first-order valence-electron chi connectivity index (χ1n) is 7.11. The Morgan fingerprint density at radius 2 is 1.91 bits per heavy atom. The average Bonchev–Trinajstić information content (AvgIpc) is 2.50. The summed E-state index contributed by atoms with van der Waals surface area (Å²) >= 11 is 0. The van der Waals surface area contributed by atoms with Crippen LogP contribution >= 0.6 is 0 Å². The molecule has 1 aromatic carbocycles. The number of aryl methyl sites for hydroxylation is 2. The molecule has 0 aliphatic heterocycles. The topological polar surface area (TPSA) is 95.1 Å². The summed E-state index contributed by atoms with van der Waals surface area (Å²) in [5, 5.41) is 12.7. The number of carbonyl (C=O) groups is 1. The fraction of sp³-hybridized carbons (Fsp3) is 0.312. The van der Waals surface area contributed by atoms with Crippen LogP contribution in [0.15, 0.2) is 29.1 Å². The third-order valence-electron chi connectivity index (χ3n) is 3.60. The molecule has 7 heteroatoms. The SMILES string of the molecule is Cc1nc(C(=O)NC(C)C(O)c2ccc(F)cc2)c(=O)[nH]c1C. The van der Waals surface area contributed by atoms with Crippen LogP contribution in [0.2, 0.25) is 0 Å². The summed E-state index contributed by atoms with van der Waals surface area (Å²) in [6, 6.07) is 4.63. The second-order valence-electron chi connectivity index (χ2n) is 5.38. The molecular weight excluding hydrogens is 301 g/mol. The summed E-state index contributed by atoms with van der Waals surface area (Å²) in [4.78, 5) is 30.5. The zero-order chi connectivity index (χ0) is 17.1. The van der Waals surface area contributed by atoms with Gasteiger partial charge in [0.15, 0.2) is 5.69 Å². The minimum absolute atomic E-state index is 0.258. The summed E-state index contributed by atoms with van der Waals surface area (Å²) in [5.74, 6) is -1.09. The van der Waals surface area contributed by atoms with Crippen LogP contribution < -0.4 is 10.9 Å². The first-order chi connectivity index (χ1) is 10.8. The Bertz CT molecular complexity index is 771. The highest BCUT2D eigenvalue weighted by Gasteiger charge is 2.21. The number of halogens is 1. The van der Waals surface area contributed by atoms with E-state index in [4.69, 9.17) is 0 Å². The minimum Gasteiger partial charge on any atom is -0.386 e. The Morgan fingerprint density at radius 1 is 1.30 bits per heavy atom. The van der Waals surface area contributed by atoms with E-state index in [0.717, 1.165) is 0 Å². The highest BCUT2D eigenvalue weighted by Crippen LogP contribution is 2.17. The van der Waals surface area contributed by atoms with E-state index in [2.05, 4.69) is 15.3 Å². The first kappa shape index (κ1) is 16.8. The molecule has 1 heterocycles. The van der Waals surface area contributed by atoms with Crippen molar-refractivity contribution < 1.29 is 14.3 Å². The normalized spacial score (nSPS) is 13.4. The molecule has 1 aromatic heterocycles. The van der Waals surface area contributed by atoms with Crippen molar-refractivity contribution in [2.75, 3.05) is 0 Å². The lowest BCUT2D eigenvalue weighted by atomic mass is 10.0. The van der Waals surface area contributed by atoms with Crippen LogP contribution in [0.1, 0.15) is 40.5 Å². The highest BCUT2D eigenvalue weighted by atomic mass is 19.1. The zero-order valence-corrected chi connectivity index (χ0v) is 13.1. The standard InChI is InChI=1S/C16H18FN3O3/c1-8-9(2)19-15(22)13(18-8)16(23)20-10(3)14(21)11-4-6-12(17)7-5-11/h4-7,10,14,21H,1-3H3,(H,19,22)(H,20,23). The third kappa shape index (κ3) is 3.81. The van der Waals surface area contributed by atoms with Gasteiger partial charge in [-0.1, -0.05) is 12.1 Å². The van der Waals surface area contributed by atoms with Crippen molar-refractivity contribution in [2.24, 2.45) is 0 Å². The number of aliphatic hydroxyl groups excluding tert-OH is 1. The van der Waals surface area contributed by atoms with Gasteiger partial charge < -0.3 is 15.4 Å². The quantitative estimate of drug-likeness (QED) is 0.793. The molecule has 0 saturated carbocycles. The first-order valence-corrected chi connectivity index (χ1v) is 7.11. The van der Waals surface area contributed by atoms with E-state index < -0.39 is 29.4 Å². The van der Waals surface area contributed by atoms with Gasteiger partial charge in [-0.2, -0.15) is 0 Å². The summed E-state index contributed by atoms with van der Waals surface area (Å²) in [5.41, 5.74) is 0.744. The molecule has 0 aliphatic rings. The molecule has 6 nitrogen and oxygen atoms in total. The predicted octanol–water partition coefficient (Wildman–Crippen LogP) is 1.38. The maximum atomic E-state index is 12.9. The van der Waals surface area contributed by atoms with E-state index in [-0.39, 0.29) is 5.69 Å². The van der Waals surface area contributed by atoms with Gasteiger partial charge in [0.2, 0.25) is 0 Å². The van der Waals surface area contributed by atoms with Crippen molar-refractivity contribution in [3.8, 4) is 0 Å². The summed E-state index contributed by atoms with van der Waals surface area (Å²) in [6.07, 6.45) is -1.04. The van der Waals surface area contributed by atoms with Crippen LogP contribution in [0.5, 0.6) is 0 Å². The lowest BCUT2D eigenvalue weighted by Crippen LogP contribution is -2.40. The average molecular weight is 319 g/mol. The molecule has 0 saturated heterocycles. The van der Waals surface area contributed by atoms with Gasteiger partial charge in [0, 0.05) is 5.69 Å². The van der Waals surface area contributed by atoms with Crippen molar-refractivity contribution >= 4 is 5.91 Å². The Morgan fingerprint density at radius 3 is 2.52 bits per heavy atom. The fourth-order valence-corrected chi connectivity index (χ4v) is 2.08. The third-order valence-corrected chi connectivity index (χ3v) is 3.60. The number of H-pyrrole nitrogens is 1. The van der Waals surface area contributed by atoms with Crippen molar-refractivity contribution in [3.63, 3.8) is 0 Å². The number of aromatic nitrogens is 2. The molecule has 0 radical (unpaired) electrons. The molecule has 1 amide bonds. The Hall–Kier alpha value is -2.54. The van der Waals surface area contributed by atoms with Crippen molar-refractivity contribution in [1.29, 1.82) is 0 Å². The second kappa shape index (κ2) is 6.70. The predicted molar refractivity (Wildman–Crippen MR) is 82.6 cm³/mol. The number of nitrogens with one attached hydrogen (secondary N) is 2. The minimum atomic E-state index is -1.04. The molecule has 2 aromatic rings. The maximum absolute atomic E-state index is 12.9.